The number of hydrogen-bond acceptors (Lipinski definition) is 6. The number of anilines is 2. The summed E-state index contributed by atoms with van der Waals surface area (Å²) >= 11 is 0. The number of aromatic amines is 1. The van der Waals surface area contributed by atoms with Crippen molar-refractivity contribution in [1.82, 2.24) is 9.97 Å². The highest BCUT2D eigenvalue weighted by Crippen LogP contribution is 2.23. The molecule has 0 aliphatic rings. The molecule has 0 saturated heterocycles. The van der Waals surface area contributed by atoms with Gasteiger partial charge in [0.1, 0.15) is 0 Å². The van der Waals surface area contributed by atoms with Crippen molar-refractivity contribution in [3.8, 4) is 0 Å². The van der Waals surface area contributed by atoms with Crippen LogP contribution in [0, 0.1) is 13.8 Å². The fraction of sp³-hybridized carbons (Fsp3) is 0.167. The summed E-state index contributed by atoms with van der Waals surface area (Å²) < 4.78 is 0. The second-order valence-electron chi connectivity index (χ2n) is 4.17. The normalized spacial score (nSPS) is 11.1. The minimum Gasteiger partial charge on any atom is -0.382 e. The van der Waals surface area contributed by atoms with Gasteiger partial charge in [-0.2, -0.15) is 4.98 Å². The van der Waals surface area contributed by atoms with Gasteiger partial charge in [-0.05, 0) is 31.0 Å². The molecular formula is C12H14N6O. The number of rotatable bonds is 2. The van der Waals surface area contributed by atoms with E-state index in [0.29, 0.717) is 5.69 Å². The summed E-state index contributed by atoms with van der Waals surface area (Å²) in [6.07, 6.45) is 0. The SMILES string of the molecule is Cc1ccc(C)c(N=Nc2c(N)nc(N)[nH]c2=O)c1. The number of nitrogens with one attached hydrogen (secondary N) is 1. The highest BCUT2D eigenvalue weighted by molar-refractivity contribution is 5.57. The third-order valence-electron chi connectivity index (χ3n) is 2.56. The van der Waals surface area contributed by atoms with Gasteiger partial charge in [0, 0.05) is 0 Å². The summed E-state index contributed by atoms with van der Waals surface area (Å²) in [7, 11) is 0. The molecule has 0 aliphatic carbocycles. The lowest BCUT2D eigenvalue weighted by atomic mass is 10.1. The second kappa shape index (κ2) is 4.89. The Morgan fingerprint density at radius 1 is 1.21 bits per heavy atom. The van der Waals surface area contributed by atoms with Crippen LogP contribution in [0.4, 0.5) is 23.1 Å². The van der Waals surface area contributed by atoms with Gasteiger partial charge in [0.05, 0.1) is 5.69 Å². The Balaban J connectivity index is 2.44. The molecule has 98 valence electrons. The Labute approximate surface area is 109 Å². The van der Waals surface area contributed by atoms with Gasteiger partial charge in [0.2, 0.25) is 5.95 Å². The molecule has 0 fully saturated rings. The van der Waals surface area contributed by atoms with E-state index in [0.717, 1.165) is 11.1 Å². The van der Waals surface area contributed by atoms with E-state index in [-0.39, 0.29) is 17.5 Å². The number of benzene rings is 1. The van der Waals surface area contributed by atoms with Crippen LogP contribution in [0.15, 0.2) is 33.2 Å². The summed E-state index contributed by atoms with van der Waals surface area (Å²) in [5, 5.41) is 7.89. The van der Waals surface area contributed by atoms with Crippen molar-refractivity contribution in [2.24, 2.45) is 10.2 Å². The van der Waals surface area contributed by atoms with Crippen LogP contribution in [-0.2, 0) is 0 Å². The van der Waals surface area contributed by atoms with Crippen LogP contribution in [0.3, 0.4) is 0 Å². The molecule has 0 saturated carbocycles. The summed E-state index contributed by atoms with van der Waals surface area (Å²) in [6.45, 7) is 3.85. The van der Waals surface area contributed by atoms with Crippen LogP contribution in [0.2, 0.25) is 0 Å². The summed E-state index contributed by atoms with van der Waals surface area (Å²) in [5.74, 6) is -0.0940. The van der Waals surface area contributed by atoms with Crippen LogP contribution in [0.5, 0.6) is 0 Å². The molecule has 0 amide bonds. The molecule has 5 N–H and O–H groups in total. The van der Waals surface area contributed by atoms with Crippen molar-refractivity contribution in [2.45, 2.75) is 13.8 Å². The van der Waals surface area contributed by atoms with Gasteiger partial charge >= 0.3 is 0 Å². The Morgan fingerprint density at radius 3 is 2.63 bits per heavy atom. The van der Waals surface area contributed by atoms with Crippen LogP contribution in [0.1, 0.15) is 11.1 Å². The molecule has 7 nitrogen and oxygen atoms in total. The second-order valence-corrected chi connectivity index (χ2v) is 4.17. The highest BCUT2D eigenvalue weighted by atomic mass is 16.1. The largest absolute Gasteiger partial charge is 0.382 e. The predicted octanol–water partition coefficient (Wildman–Crippen LogP) is 1.97. The number of aromatic nitrogens is 2. The highest BCUT2D eigenvalue weighted by Gasteiger charge is 2.07. The zero-order chi connectivity index (χ0) is 14.0. The Hall–Kier alpha value is -2.70. The van der Waals surface area contributed by atoms with Gasteiger partial charge in [-0.3, -0.25) is 9.78 Å². The Bertz CT molecular complexity index is 704. The summed E-state index contributed by atoms with van der Waals surface area (Å²) in [4.78, 5) is 17.7. The van der Waals surface area contributed by atoms with Crippen molar-refractivity contribution in [1.29, 1.82) is 0 Å². The first-order valence-electron chi connectivity index (χ1n) is 5.61. The van der Waals surface area contributed by atoms with E-state index in [4.69, 9.17) is 11.5 Å². The van der Waals surface area contributed by atoms with Gasteiger partial charge in [-0.15, -0.1) is 10.2 Å². The first-order chi connectivity index (χ1) is 8.97. The number of azo groups is 1. The molecule has 0 radical (unpaired) electrons. The lowest BCUT2D eigenvalue weighted by molar-refractivity contribution is 1.10. The third-order valence-corrected chi connectivity index (χ3v) is 2.56. The van der Waals surface area contributed by atoms with Crippen LogP contribution >= 0.6 is 0 Å². The number of aryl methyl sites for hydroxylation is 2. The molecule has 0 bridgehead atoms. The van der Waals surface area contributed by atoms with Crippen molar-refractivity contribution in [2.75, 3.05) is 11.5 Å². The van der Waals surface area contributed by atoms with Crippen molar-refractivity contribution < 1.29 is 0 Å². The smallest absolute Gasteiger partial charge is 0.282 e. The predicted molar refractivity (Wildman–Crippen MR) is 73.8 cm³/mol. The van der Waals surface area contributed by atoms with Crippen LogP contribution < -0.4 is 17.0 Å². The van der Waals surface area contributed by atoms with E-state index in [1.165, 1.54) is 0 Å². The minimum absolute atomic E-state index is 0.0460. The maximum atomic E-state index is 11.6. The molecule has 7 heteroatoms. The van der Waals surface area contributed by atoms with Gasteiger partial charge in [0.15, 0.2) is 11.5 Å². The molecule has 0 unspecified atom stereocenters. The standard InChI is InChI=1S/C12H14N6O/c1-6-3-4-7(2)8(5-6)17-18-9-10(13)15-12(14)16-11(9)19/h3-5H,1-2H3,(H5,13,14,15,16,19). The van der Waals surface area contributed by atoms with Crippen molar-refractivity contribution in [3.63, 3.8) is 0 Å². The third kappa shape index (κ3) is 2.76. The molecule has 0 aliphatic heterocycles. The molecular weight excluding hydrogens is 244 g/mol. The van der Waals surface area contributed by atoms with Crippen molar-refractivity contribution >= 4 is 23.1 Å². The molecule has 1 aromatic heterocycles. The van der Waals surface area contributed by atoms with E-state index in [9.17, 15) is 4.79 Å². The summed E-state index contributed by atoms with van der Waals surface area (Å²) in [5.41, 5.74) is 13.1. The number of nitrogens with two attached hydrogens (primary N) is 2. The van der Waals surface area contributed by atoms with Crippen LogP contribution in [-0.4, -0.2) is 9.97 Å². The first kappa shape index (κ1) is 12.7. The number of nitrogen functional groups attached to an aromatic ring is 2. The average molecular weight is 258 g/mol. The van der Waals surface area contributed by atoms with E-state index in [1.54, 1.807) is 0 Å². The van der Waals surface area contributed by atoms with E-state index in [1.807, 2.05) is 32.0 Å². The Morgan fingerprint density at radius 2 is 1.95 bits per heavy atom. The molecule has 0 spiro atoms. The van der Waals surface area contributed by atoms with Crippen LogP contribution in [0.25, 0.3) is 0 Å². The lowest BCUT2D eigenvalue weighted by Gasteiger charge is -2.01. The van der Waals surface area contributed by atoms with Gasteiger partial charge in [0.25, 0.3) is 5.56 Å². The number of nitrogens with zero attached hydrogens (tertiary/aromatic N) is 3. The van der Waals surface area contributed by atoms with E-state index in [2.05, 4.69) is 20.2 Å². The number of H-pyrrole nitrogens is 1. The fourth-order valence-electron chi connectivity index (χ4n) is 1.53. The minimum atomic E-state index is -0.515. The Kier molecular flexibility index (Phi) is 3.28. The van der Waals surface area contributed by atoms with Gasteiger partial charge in [-0.1, -0.05) is 12.1 Å². The quantitative estimate of drug-likeness (QED) is 0.712. The molecule has 0 atom stereocenters. The average Bonchev–Trinajstić information content (AvgIpc) is 2.32. The molecule has 19 heavy (non-hydrogen) atoms. The molecule has 1 aromatic carbocycles. The van der Waals surface area contributed by atoms with Gasteiger partial charge < -0.3 is 11.5 Å². The lowest BCUT2D eigenvalue weighted by Crippen LogP contribution is -2.12. The fourth-order valence-corrected chi connectivity index (χ4v) is 1.53. The molecule has 2 rings (SSSR count). The topological polar surface area (TPSA) is 123 Å². The zero-order valence-corrected chi connectivity index (χ0v) is 10.6. The molecule has 1 heterocycles. The summed E-state index contributed by atoms with van der Waals surface area (Å²) in [6, 6.07) is 5.77. The van der Waals surface area contributed by atoms with E-state index >= 15 is 0 Å². The zero-order valence-electron chi connectivity index (χ0n) is 10.6. The number of hydrogen-bond donors (Lipinski definition) is 3. The van der Waals surface area contributed by atoms with Gasteiger partial charge in [-0.25, -0.2) is 0 Å². The van der Waals surface area contributed by atoms with Crippen molar-refractivity contribution in [3.05, 3.63) is 39.7 Å². The monoisotopic (exact) mass is 258 g/mol. The first-order valence-corrected chi connectivity index (χ1v) is 5.61. The maximum absolute atomic E-state index is 11.6. The van der Waals surface area contributed by atoms with E-state index < -0.39 is 5.56 Å². The maximum Gasteiger partial charge on any atom is 0.282 e. The molecule has 2 aromatic rings.